The molecule has 0 saturated carbocycles. The molecule has 0 radical (unpaired) electrons. The van der Waals surface area contributed by atoms with Gasteiger partial charge in [-0.05, 0) is 59.9 Å². The first kappa shape index (κ1) is 27.3. The van der Waals surface area contributed by atoms with E-state index in [9.17, 15) is 4.57 Å². The molecular weight excluding hydrogens is 403 g/mol. The van der Waals surface area contributed by atoms with Crippen LogP contribution in [-0.4, -0.2) is 50.4 Å². The second kappa shape index (κ2) is 13.6. The summed E-state index contributed by atoms with van der Waals surface area (Å²) in [5.41, 5.74) is 0.433. The molecule has 30 heavy (non-hydrogen) atoms. The zero-order valence-electron chi connectivity index (χ0n) is 19.6. The van der Waals surface area contributed by atoms with Crippen molar-refractivity contribution in [3.05, 3.63) is 35.9 Å². The van der Waals surface area contributed by atoms with E-state index in [2.05, 4.69) is 13.8 Å². The number of benzene rings is 1. The molecule has 0 aliphatic carbocycles. The minimum atomic E-state index is -3.04. The van der Waals surface area contributed by atoms with Gasteiger partial charge in [0.15, 0.2) is 0 Å². The highest BCUT2D eigenvalue weighted by Crippen LogP contribution is 2.49. The van der Waals surface area contributed by atoms with Gasteiger partial charge in [0, 0.05) is 0 Å². The Balaban J connectivity index is 2.26. The van der Waals surface area contributed by atoms with Crippen LogP contribution in [0.25, 0.3) is 0 Å². The molecule has 0 amide bonds. The van der Waals surface area contributed by atoms with E-state index in [1.165, 1.54) is 0 Å². The largest absolute Gasteiger partial charge is 0.375 e. The van der Waals surface area contributed by atoms with Crippen molar-refractivity contribution in [3.8, 4) is 0 Å². The molecule has 0 bridgehead atoms. The van der Waals surface area contributed by atoms with Gasteiger partial charge in [-0.15, -0.1) is 0 Å². The third-order valence-corrected chi connectivity index (χ3v) is 6.74. The number of rotatable bonds is 17. The van der Waals surface area contributed by atoms with Gasteiger partial charge in [0.25, 0.3) is 0 Å². The van der Waals surface area contributed by atoms with Gasteiger partial charge >= 0.3 is 7.60 Å². The van der Waals surface area contributed by atoms with Crippen molar-refractivity contribution in [1.82, 2.24) is 0 Å². The highest BCUT2D eigenvalue weighted by Gasteiger charge is 2.29. The molecule has 7 heteroatoms. The molecule has 0 spiro atoms. The van der Waals surface area contributed by atoms with Crippen molar-refractivity contribution in [2.24, 2.45) is 0 Å². The second-order valence-corrected chi connectivity index (χ2v) is 10.6. The molecule has 0 fully saturated rings. The van der Waals surface area contributed by atoms with E-state index in [-0.39, 0.29) is 5.60 Å². The van der Waals surface area contributed by atoms with E-state index in [0.717, 1.165) is 12.0 Å². The van der Waals surface area contributed by atoms with Gasteiger partial charge < -0.3 is 23.3 Å². The predicted octanol–water partition coefficient (Wildman–Crippen LogP) is 5.84. The highest BCUT2D eigenvalue weighted by molar-refractivity contribution is 7.53. The summed E-state index contributed by atoms with van der Waals surface area (Å²) < 4.78 is 41.0. The Labute approximate surface area is 183 Å². The van der Waals surface area contributed by atoms with Crippen molar-refractivity contribution in [3.63, 3.8) is 0 Å². The average molecular weight is 445 g/mol. The van der Waals surface area contributed by atoms with E-state index in [4.69, 9.17) is 23.3 Å². The molecule has 1 rings (SSSR count). The Morgan fingerprint density at radius 3 is 1.97 bits per heavy atom. The third kappa shape index (κ3) is 12.2. The van der Waals surface area contributed by atoms with Crippen LogP contribution in [0.3, 0.4) is 0 Å². The zero-order valence-corrected chi connectivity index (χ0v) is 20.5. The fourth-order valence-corrected chi connectivity index (χ4v) is 4.76. The molecule has 174 valence electrons. The monoisotopic (exact) mass is 444 g/mol. The molecule has 0 aliphatic rings. The van der Waals surface area contributed by atoms with Crippen molar-refractivity contribution in [2.75, 3.05) is 39.2 Å². The number of hydrogen-bond acceptors (Lipinski definition) is 6. The lowest BCUT2D eigenvalue weighted by molar-refractivity contribution is -0.0848. The molecule has 0 unspecified atom stereocenters. The molecule has 0 atom stereocenters. The molecular formula is C23H41O6P. The van der Waals surface area contributed by atoms with E-state index >= 15 is 0 Å². The van der Waals surface area contributed by atoms with E-state index in [0.29, 0.717) is 52.2 Å². The van der Waals surface area contributed by atoms with Crippen LogP contribution >= 0.6 is 7.60 Å². The van der Waals surface area contributed by atoms with Gasteiger partial charge in [-0.25, -0.2) is 0 Å². The maximum atomic E-state index is 12.6. The van der Waals surface area contributed by atoms with Crippen LogP contribution < -0.4 is 0 Å². The smallest absolute Gasteiger partial charge is 0.330 e. The highest BCUT2D eigenvalue weighted by atomic mass is 31.2. The van der Waals surface area contributed by atoms with Crippen molar-refractivity contribution in [2.45, 2.75) is 72.2 Å². The van der Waals surface area contributed by atoms with Crippen molar-refractivity contribution < 1.29 is 27.8 Å². The summed E-state index contributed by atoms with van der Waals surface area (Å²) in [5.74, 6) is 0. The summed E-state index contributed by atoms with van der Waals surface area (Å²) >= 11 is 0. The van der Waals surface area contributed by atoms with Crippen LogP contribution in [0.5, 0.6) is 0 Å². The van der Waals surface area contributed by atoms with Crippen molar-refractivity contribution >= 4 is 7.60 Å². The van der Waals surface area contributed by atoms with E-state index < -0.39 is 13.2 Å². The summed E-state index contributed by atoms with van der Waals surface area (Å²) in [6, 6.07) is 10.1. The van der Waals surface area contributed by atoms with Gasteiger partial charge in [-0.3, -0.25) is 4.57 Å². The molecule has 0 N–H and O–H groups in total. The number of hydrogen-bond donors (Lipinski definition) is 0. The quantitative estimate of drug-likeness (QED) is 0.222. The second-order valence-electron chi connectivity index (χ2n) is 8.42. The maximum absolute atomic E-state index is 12.6. The first-order valence-electron chi connectivity index (χ1n) is 10.9. The van der Waals surface area contributed by atoms with Crippen LogP contribution in [0.1, 0.15) is 59.9 Å². The first-order valence-corrected chi connectivity index (χ1v) is 12.6. The van der Waals surface area contributed by atoms with Gasteiger partial charge in [-0.1, -0.05) is 30.3 Å². The molecule has 6 nitrogen and oxygen atoms in total. The zero-order chi connectivity index (χ0) is 22.5. The topological polar surface area (TPSA) is 63.2 Å². The fraction of sp³-hybridized carbons (Fsp3) is 0.739. The normalized spacial score (nSPS) is 13.0. The van der Waals surface area contributed by atoms with Gasteiger partial charge in [0.2, 0.25) is 0 Å². The van der Waals surface area contributed by atoms with Gasteiger partial charge in [-0.2, -0.15) is 0 Å². The molecule has 1 aromatic carbocycles. The fourth-order valence-electron chi connectivity index (χ4n) is 2.82. The van der Waals surface area contributed by atoms with Crippen LogP contribution in [-0.2, 0) is 34.4 Å². The Morgan fingerprint density at radius 1 is 0.800 bits per heavy atom. The Morgan fingerprint density at radius 2 is 1.37 bits per heavy atom. The van der Waals surface area contributed by atoms with Crippen LogP contribution in [0, 0.1) is 0 Å². The molecule has 0 saturated heterocycles. The lowest BCUT2D eigenvalue weighted by atomic mass is 10.0. The van der Waals surface area contributed by atoms with E-state index in [1.54, 1.807) is 0 Å². The third-order valence-electron chi connectivity index (χ3n) is 4.67. The SMILES string of the molecule is CCOP(=O)(CCC(C)(C)OCCC(C)(C)OCCOCc1ccccc1)OCC. The summed E-state index contributed by atoms with van der Waals surface area (Å²) in [7, 11) is -3.04. The van der Waals surface area contributed by atoms with Crippen LogP contribution in [0.15, 0.2) is 30.3 Å². The molecule has 0 heterocycles. The Hall–Kier alpha value is -0.750. The van der Waals surface area contributed by atoms with Gasteiger partial charge in [0.05, 0.1) is 57.0 Å². The standard InChI is InChI=1S/C23H41O6P/c1-7-28-30(24,29-8-2)19-15-23(5,6)26-16-14-22(3,4)27-18-17-25-20-21-12-10-9-11-13-21/h9-13H,7-8,14-20H2,1-6H3. The summed E-state index contributed by atoms with van der Waals surface area (Å²) in [4.78, 5) is 0. The molecule has 1 aromatic rings. The summed E-state index contributed by atoms with van der Waals surface area (Å²) in [6.07, 6.45) is 1.70. The molecule has 0 aromatic heterocycles. The Bertz CT molecular complexity index is 607. The first-order chi connectivity index (χ1) is 14.1. The maximum Gasteiger partial charge on any atom is 0.330 e. The minimum Gasteiger partial charge on any atom is -0.375 e. The Kier molecular flexibility index (Phi) is 12.4. The number of ether oxygens (including phenoxy) is 3. The predicted molar refractivity (Wildman–Crippen MR) is 121 cm³/mol. The molecule has 0 aliphatic heterocycles. The average Bonchev–Trinajstić information content (AvgIpc) is 2.67. The minimum absolute atomic E-state index is 0.307. The lowest BCUT2D eigenvalue weighted by Gasteiger charge is -2.30. The van der Waals surface area contributed by atoms with Gasteiger partial charge in [0.1, 0.15) is 0 Å². The van der Waals surface area contributed by atoms with Crippen molar-refractivity contribution in [1.29, 1.82) is 0 Å². The summed E-state index contributed by atoms with van der Waals surface area (Å²) in [5, 5.41) is 0. The summed E-state index contributed by atoms with van der Waals surface area (Å²) in [6.45, 7) is 14.7. The van der Waals surface area contributed by atoms with E-state index in [1.807, 2.05) is 58.0 Å². The van der Waals surface area contributed by atoms with Crippen LogP contribution in [0.2, 0.25) is 0 Å². The van der Waals surface area contributed by atoms with Crippen LogP contribution in [0.4, 0.5) is 0 Å². The lowest BCUT2D eigenvalue weighted by Crippen LogP contribution is -2.32.